The number of ketones is 1. The fourth-order valence-electron chi connectivity index (χ4n) is 2.97. The number of hydrogen-bond acceptors (Lipinski definition) is 2. The van der Waals surface area contributed by atoms with Gasteiger partial charge in [0.05, 0.1) is 11.6 Å². The third-order valence-corrected chi connectivity index (χ3v) is 4.28. The third kappa shape index (κ3) is 4.16. The Morgan fingerprint density at radius 2 is 1.91 bits per heavy atom. The van der Waals surface area contributed by atoms with Gasteiger partial charge >= 0.3 is 0 Å². The van der Waals surface area contributed by atoms with Crippen LogP contribution in [0.3, 0.4) is 0 Å². The predicted octanol–water partition coefficient (Wildman–Crippen LogP) is 5.90. The van der Waals surface area contributed by atoms with Crippen molar-refractivity contribution in [3.8, 4) is 0 Å². The van der Waals surface area contributed by atoms with Crippen LogP contribution in [0, 0.1) is 5.92 Å². The summed E-state index contributed by atoms with van der Waals surface area (Å²) in [5.41, 5.74) is 2.64. The Hall–Kier alpha value is -1.70. The monoisotopic (exact) mass is 297 g/mol. The Morgan fingerprint density at radius 1 is 1.09 bits per heavy atom. The third-order valence-electron chi connectivity index (χ3n) is 4.28. The Bertz CT molecular complexity index is 557. The molecule has 1 aliphatic rings. The summed E-state index contributed by atoms with van der Waals surface area (Å²) in [6, 6.07) is 7.70. The number of fused-ring (bicyclic) bond motifs is 1. The van der Waals surface area contributed by atoms with Gasteiger partial charge in [0.25, 0.3) is 0 Å². The molecule has 22 heavy (non-hydrogen) atoms. The second-order valence-electron chi connectivity index (χ2n) is 5.97. The van der Waals surface area contributed by atoms with Crippen molar-refractivity contribution in [2.24, 2.45) is 10.9 Å². The van der Waals surface area contributed by atoms with Crippen LogP contribution in [0.25, 0.3) is 0 Å². The molecule has 1 aromatic carbocycles. The van der Waals surface area contributed by atoms with Gasteiger partial charge in [0.2, 0.25) is 0 Å². The minimum absolute atomic E-state index is 0.0420. The molecule has 0 radical (unpaired) electrons. The first kappa shape index (κ1) is 16.7. The zero-order chi connectivity index (χ0) is 15.8. The van der Waals surface area contributed by atoms with E-state index in [4.69, 9.17) is 4.99 Å². The van der Waals surface area contributed by atoms with E-state index < -0.39 is 0 Å². The lowest BCUT2D eigenvalue weighted by Gasteiger charge is -2.22. The molecule has 1 aliphatic heterocycles. The highest BCUT2D eigenvalue weighted by molar-refractivity contribution is 6.18. The second-order valence-corrected chi connectivity index (χ2v) is 5.97. The van der Waals surface area contributed by atoms with E-state index in [1.165, 1.54) is 25.7 Å². The molecule has 0 spiro atoms. The van der Waals surface area contributed by atoms with Crippen molar-refractivity contribution in [1.29, 1.82) is 0 Å². The number of allylic oxidation sites excluding steroid dienone is 2. The van der Waals surface area contributed by atoms with Gasteiger partial charge in [-0.15, -0.1) is 0 Å². The summed E-state index contributed by atoms with van der Waals surface area (Å²) in [6.45, 7) is 4.30. The summed E-state index contributed by atoms with van der Waals surface area (Å²) in [5, 5.41) is 0. The maximum absolute atomic E-state index is 12.6. The topological polar surface area (TPSA) is 29.4 Å². The number of carbonyl (C=O) groups is 1. The van der Waals surface area contributed by atoms with Crippen molar-refractivity contribution in [2.45, 2.75) is 58.8 Å². The van der Waals surface area contributed by atoms with Crippen molar-refractivity contribution in [3.63, 3.8) is 0 Å². The number of para-hydroxylation sites is 1. The first-order valence-corrected chi connectivity index (χ1v) is 8.63. The smallest absolute Gasteiger partial charge is 0.173 e. The number of Topliss-reactive ketones (excluding diaryl/α,β-unsaturated/α-hetero) is 1. The first-order valence-electron chi connectivity index (χ1n) is 8.63. The van der Waals surface area contributed by atoms with Gasteiger partial charge in [-0.3, -0.25) is 9.79 Å². The van der Waals surface area contributed by atoms with E-state index in [-0.39, 0.29) is 11.7 Å². The summed E-state index contributed by atoms with van der Waals surface area (Å²) in [4.78, 5) is 17.3. The highest BCUT2D eigenvalue weighted by atomic mass is 16.1. The molecule has 1 atom stereocenters. The van der Waals surface area contributed by atoms with Gasteiger partial charge < -0.3 is 0 Å². The number of unbranched alkanes of at least 4 members (excludes halogenated alkanes) is 4. The molecule has 1 aromatic rings. The fourth-order valence-corrected chi connectivity index (χ4v) is 2.97. The molecular formula is C20H27NO. The van der Waals surface area contributed by atoms with Crippen LogP contribution in [0.5, 0.6) is 0 Å². The molecule has 0 amide bonds. The Labute approximate surface area is 134 Å². The Kier molecular flexibility index (Phi) is 6.57. The van der Waals surface area contributed by atoms with Gasteiger partial charge in [-0.05, 0) is 31.4 Å². The van der Waals surface area contributed by atoms with E-state index in [9.17, 15) is 4.79 Å². The minimum atomic E-state index is -0.0420. The maximum atomic E-state index is 12.6. The van der Waals surface area contributed by atoms with Crippen LogP contribution in [-0.4, -0.2) is 11.5 Å². The van der Waals surface area contributed by atoms with Gasteiger partial charge in [-0.1, -0.05) is 57.4 Å². The van der Waals surface area contributed by atoms with E-state index in [1.807, 2.05) is 24.3 Å². The number of carbonyl (C=O) groups excluding carboxylic acids is 1. The fraction of sp³-hybridized carbons (Fsp3) is 0.500. The van der Waals surface area contributed by atoms with Gasteiger partial charge in [-0.2, -0.15) is 0 Å². The quantitative estimate of drug-likeness (QED) is 0.434. The van der Waals surface area contributed by atoms with E-state index in [0.717, 1.165) is 36.2 Å². The molecular weight excluding hydrogens is 270 g/mol. The van der Waals surface area contributed by atoms with E-state index in [0.29, 0.717) is 0 Å². The van der Waals surface area contributed by atoms with Gasteiger partial charge in [0.15, 0.2) is 5.78 Å². The van der Waals surface area contributed by atoms with Gasteiger partial charge in [0, 0.05) is 17.7 Å². The largest absolute Gasteiger partial charge is 0.293 e. The van der Waals surface area contributed by atoms with Crippen LogP contribution < -0.4 is 0 Å². The number of aliphatic imine (C=N–C) groups is 1. The standard InChI is InChI=1S/C20H27NO/c1-3-5-6-7-8-9-10-14-18-16(4-2)20(22)17-13-11-12-15-19(17)21-18/h9-13,15-16H,3-8,14H2,1-2H3. The number of benzene rings is 1. The molecule has 0 saturated carbocycles. The Morgan fingerprint density at radius 3 is 2.68 bits per heavy atom. The molecule has 0 aromatic heterocycles. The van der Waals surface area contributed by atoms with Gasteiger partial charge in [-0.25, -0.2) is 0 Å². The number of rotatable bonds is 8. The maximum Gasteiger partial charge on any atom is 0.173 e. The summed E-state index contributed by atoms with van der Waals surface area (Å²) in [5.74, 6) is 0.194. The van der Waals surface area contributed by atoms with Crippen molar-refractivity contribution < 1.29 is 4.79 Å². The molecule has 118 valence electrons. The molecule has 2 rings (SSSR count). The summed E-state index contributed by atoms with van der Waals surface area (Å²) >= 11 is 0. The summed E-state index contributed by atoms with van der Waals surface area (Å²) in [7, 11) is 0. The molecule has 0 bridgehead atoms. The molecule has 2 nitrogen and oxygen atoms in total. The normalized spacial score (nSPS) is 17.6. The van der Waals surface area contributed by atoms with Crippen molar-refractivity contribution in [3.05, 3.63) is 42.0 Å². The lowest BCUT2D eigenvalue weighted by Crippen LogP contribution is -2.26. The van der Waals surface area contributed by atoms with Gasteiger partial charge in [0.1, 0.15) is 0 Å². The number of nitrogens with zero attached hydrogens (tertiary/aromatic N) is 1. The zero-order valence-electron chi connectivity index (χ0n) is 13.8. The average molecular weight is 297 g/mol. The average Bonchev–Trinajstić information content (AvgIpc) is 2.54. The van der Waals surface area contributed by atoms with Crippen LogP contribution in [0.1, 0.15) is 69.2 Å². The minimum Gasteiger partial charge on any atom is -0.293 e. The summed E-state index contributed by atoms with van der Waals surface area (Å²) < 4.78 is 0. The lowest BCUT2D eigenvalue weighted by molar-refractivity contribution is 0.0950. The number of hydrogen-bond donors (Lipinski definition) is 0. The van der Waals surface area contributed by atoms with Crippen LogP contribution in [0.2, 0.25) is 0 Å². The zero-order valence-corrected chi connectivity index (χ0v) is 13.8. The van der Waals surface area contributed by atoms with Crippen molar-refractivity contribution >= 4 is 17.2 Å². The van der Waals surface area contributed by atoms with Crippen LogP contribution in [0.4, 0.5) is 5.69 Å². The van der Waals surface area contributed by atoms with E-state index in [1.54, 1.807) is 0 Å². The Balaban J connectivity index is 1.98. The van der Waals surface area contributed by atoms with Crippen molar-refractivity contribution in [1.82, 2.24) is 0 Å². The highest BCUT2D eigenvalue weighted by Crippen LogP contribution is 2.30. The van der Waals surface area contributed by atoms with E-state index in [2.05, 4.69) is 26.0 Å². The second kappa shape index (κ2) is 8.67. The molecule has 0 fully saturated rings. The molecule has 2 heteroatoms. The highest BCUT2D eigenvalue weighted by Gasteiger charge is 2.28. The van der Waals surface area contributed by atoms with Crippen LogP contribution in [-0.2, 0) is 0 Å². The lowest BCUT2D eigenvalue weighted by atomic mass is 9.86. The predicted molar refractivity (Wildman–Crippen MR) is 94.2 cm³/mol. The van der Waals surface area contributed by atoms with Crippen molar-refractivity contribution in [2.75, 3.05) is 0 Å². The SMILES string of the molecule is CCCCCCC=CCC1=Nc2ccccc2C(=O)C1CC. The molecule has 0 N–H and O–H groups in total. The first-order chi connectivity index (χ1) is 10.8. The molecule has 1 unspecified atom stereocenters. The molecule has 1 heterocycles. The van der Waals surface area contributed by atoms with Crippen LogP contribution in [0.15, 0.2) is 41.4 Å². The van der Waals surface area contributed by atoms with Crippen LogP contribution >= 0.6 is 0 Å². The molecule has 0 aliphatic carbocycles. The van der Waals surface area contributed by atoms with E-state index >= 15 is 0 Å². The summed E-state index contributed by atoms with van der Waals surface area (Å²) in [6.07, 6.45) is 12.4. The molecule has 0 saturated heterocycles.